The Labute approximate surface area is 436 Å². The summed E-state index contributed by atoms with van der Waals surface area (Å²) in [4.78, 5) is 1.02. The molecule has 83 heavy (non-hydrogen) atoms. The quantitative estimate of drug-likeness (QED) is 0.0901. The Hall–Kier alpha value is -4.37. The molecule has 2 atom stereocenters. The second-order valence-electron chi connectivity index (χ2n) is 18.5. The van der Waals surface area contributed by atoms with Crippen LogP contribution in [0.2, 0.25) is 0 Å². The third kappa shape index (κ3) is 12.1. The Kier molecular flexibility index (Phi) is 19.9. The van der Waals surface area contributed by atoms with Crippen LogP contribution in [0.25, 0.3) is 0 Å². The van der Waals surface area contributed by atoms with Crippen molar-refractivity contribution in [2.45, 2.75) is 177 Å². The average molecular weight is 1310 g/mol. The monoisotopic (exact) mass is 1310 g/mol. The molecule has 0 unspecified atom stereocenters. The standard InChI is InChI=1S/C42H32F39NO/c1-19(23(83)21-6-4-3-5-7-21)82(2)18-20-8-10-22(11-9-20)24(12-15-25(43,44)28(49,50)31(55,56)34(61,62)37(67,68)40(73,74)75,13-16-26(45,46)29(51,52)32(57,58)35(63,64)38(69,70)41(76,77)78)14-17-27(47,48)30(53,54)33(59,60)36(65,66)39(71,72)42(79,80)81/h3-11,19,23,83H,12-18H2,1-2H3/t19-,23-/m0/s1. The number of nitrogens with zero attached hydrogens (tertiary/aromatic N) is 1. The second kappa shape index (κ2) is 22.1. The average Bonchev–Trinajstić information content (AvgIpc) is 3.32. The van der Waals surface area contributed by atoms with Crippen LogP contribution >= 0.6 is 0 Å². The minimum atomic E-state index is -8.93. The van der Waals surface area contributed by atoms with Crippen LogP contribution in [0.1, 0.15) is 68.2 Å². The minimum absolute atomic E-state index is 0.0979. The maximum atomic E-state index is 15.4. The molecule has 2 aromatic carbocycles. The van der Waals surface area contributed by atoms with Crippen molar-refractivity contribution in [1.29, 1.82) is 0 Å². The number of aliphatic hydroxyl groups is 1. The summed E-state index contributed by atoms with van der Waals surface area (Å²) in [6.45, 7) is 0.399. The highest BCUT2D eigenvalue weighted by Gasteiger charge is 2.93. The molecule has 484 valence electrons. The molecule has 0 bridgehead atoms. The van der Waals surface area contributed by atoms with Gasteiger partial charge in [0.05, 0.1) is 6.10 Å². The lowest BCUT2D eigenvalue weighted by atomic mass is 9.67. The highest BCUT2D eigenvalue weighted by atomic mass is 19.5. The molecular weight excluding hydrogens is 1280 g/mol. The molecule has 0 aliphatic carbocycles. The largest absolute Gasteiger partial charge is 0.460 e. The van der Waals surface area contributed by atoms with E-state index in [4.69, 9.17) is 0 Å². The number of benzene rings is 2. The first-order chi connectivity index (χ1) is 36.2. The van der Waals surface area contributed by atoms with Gasteiger partial charge in [-0.15, -0.1) is 0 Å². The second-order valence-corrected chi connectivity index (χ2v) is 18.5. The van der Waals surface area contributed by atoms with Crippen molar-refractivity contribution in [3.8, 4) is 0 Å². The van der Waals surface area contributed by atoms with Crippen molar-refractivity contribution >= 4 is 0 Å². The van der Waals surface area contributed by atoms with Gasteiger partial charge in [-0.3, -0.25) is 4.90 Å². The molecule has 2 aromatic rings. The van der Waals surface area contributed by atoms with E-state index in [9.17, 15) is 150 Å². The van der Waals surface area contributed by atoms with Crippen LogP contribution in [0.4, 0.5) is 171 Å². The molecule has 2 rings (SSSR count). The van der Waals surface area contributed by atoms with E-state index in [0.717, 1.165) is 11.9 Å². The molecule has 1 N–H and O–H groups in total. The van der Waals surface area contributed by atoms with Crippen LogP contribution < -0.4 is 0 Å². The summed E-state index contributed by atoms with van der Waals surface area (Å²) in [5.41, 5.74) is -7.33. The topological polar surface area (TPSA) is 23.5 Å². The van der Waals surface area contributed by atoms with Gasteiger partial charge in [-0.2, -0.15) is 171 Å². The molecule has 0 saturated carbocycles. The molecule has 0 heterocycles. The molecule has 0 saturated heterocycles. The first kappa shape index (κ1) is 74.7. The van der Waals surface area contributed by atoms with Gasteiger partial charge in [0, 0.05) is 31.8 Å². The summed E-state index contributed by atoms with van der Waals surface area (Å²) in [6, 6.07) is 5.53. The Morgan fingerprint density at radius 2 is 0.566 bits per heavy atom. The molecule has 0 aromatic heterocycles. The first-order valence-corrected chi connectivity index (χ1v) is 21.6. The lowest BCUT2D eigenvalue weighted by Crippen LogP contribution is -2.70. The Balaban J connectivity index is 3.21. The number of hydrogen-bond acceptors (Lipinski definition) is 2. The number of rotatable bonds is 27. The van der Waals surface area contributed by atoms with Gasteiger partial charge in [0.25, 0.3) is 0 Å². The van der Waals surface area contributed by atoms with E-state index in [1.165, 1.54) is 37.3 Å². The van der Waals surface area contributed by atoms with Gasteiger partial charge in [-0.25, -0.2) is 0 Å². The Bertz CT molecular complexity index is 2280. The van der Waals surface area contributed by atoms with Crippen molar-refractivity contribution in [3.63, 3.8) is 0 Å². The van der Waals surface area contributed by atoms with Gasteiger partial charge in [-0.05, 0) is 55.3 Å². The van der Waals surface area contributed by atoms with Crippen LogP contribution in [-0.4, -0.2) is 130 Å². The van der Waals surface area contributed by atoms with Crippen molar-refractivity contribution in [2.75, 3.05) is 7.05 Å². The number of hydrogen-bond donors (Lipinski definition) is 1. The molecule has 0 aliphatic heterocycles. The zero-order valence-electron chi connectivity index (χ0n) is 39.9. The van der Waals surface area contributed by atoms with Crippen LogP contribution in [0.15, 0.2) is 54.6 Å². The van der Waals surface area contributed by atoms with E-state index >= 15 is 26.3 Å². The molecule has 0 aliphatic rings. The smallest absolute Gasteiger partial charge is 0.387 e. The van der Waals surface area contributed by atoms with Gasteiger partial charge in [0.2, 0.25) is 0 Å². The van der Waals surface area contributed by atoms with Crippen molar-refractivity contribution in [3.05, 3.63) is 71.3 Å². The summed E-state index contributed by atoms with van der Waals surface area (Å²) < 4.78 is 550. The number of aliphatic hydroxyl groups excluding tert-OH is 1. The van der Waals surface area contributed by atoms with Gasteiger partial charge >= 0.3 is 107 Å². The van der Waals surface area contributed by atoms with Crippen molar-refractivity contribution < 1.29 is 176 Å². The molecule has 0 radical (unpaired) electrons. The zero-order chi connectivity index (χ0) is 66.3. The molecule has 0 amide bonds. The number of likely N-dealkylation sites (N-methyl/N-ethyl adjacent to an activating group) is 1. The fourth-order valence-corrected chi connectivity index (χ4v) is 7.44. The predicted molar refractivity (Wildman–Crippen MR) is 201 cm³/mol. The number of alkyl halides is 39. The van der Waals surface area contributed by atoms with Crippen molar-refractivity contribution in [1.82, 2.24) is 4.90 Å². The maximum absolute atomic E-state index is 15.4. The highest BCUT2D eigenvalue weighted by Crippen LogP contribution is 2.66. The SMILES string of the molecule is C[C@@H]([C@H](O)c1ccccc1)N(C)Cc1ccc(C(CCC(F)(F)C(F)(F)C(F)(F)C(F)(F)C(F)(F)C(F)(F)F)(CCC(F)(F)C(F)(F)C(F)(F)C(F)(F)C(F)(F)C(F)(F)F)CCC(F)(F)C(F)(F)C(F)(F)C(F)(F)C(F)(F)C(F)(F)F)cc1. The Morgan fingerprint density at radius 1 is 0.325 bits per heavy atom. The molecule has 0 fully saturated rings. The summed E-state index contributed by atoms with van der Waals surface area (Å²) in [6.07, 6.45) is -48.9. The summed E-state index contributed by atoms with van der Waals surface area (Å²) in [5, 5.41) is 10.7. The van der Waals surface area contributed by atoms with Crippen LogP contribution in [0.5, 0.6) is 0 Å². The van der Waals surface area contributed by atoms with Crippen LogP contribution in [0.3, 0.4) is 0 Å². The third-order valence-corrected chi connectivity index (χ3v) is 13.0. The van der Waals surface area contributed by atoms with Gasteiger partial charge < -0.3 is 5.11 Å². The van der Waals surface area contributed by atoms with Gasteiger partial charge in [-0.1, -0.05) is 54.6 Å². The fourth-order valence-electron chi connectivity index (χ4n) is 7.44. The lowest BCUT2D eigenvalue weighted by Gasteiger charge is -2.44. The van der Waals surface area contributed by atoms with E-state index in [0.29, 0.717) is 0 Å². The molecular formula is C42H32F39NO. The maximum Gasteiger partial charge on any atom is 0.460 e. The molecule has 41 heteroatoms. The van der Waals surface area contributed by atoms with Crippen molar-refractivity contribution in [2.24, 2.45) is 0 Å². The lowest BCUT2D eigenvalue weighted by molar-refractivity contribution is -0.441. The predicted octanol–water partition coefficient (Wildman–Crippen LogP) is 18.0. The summed E-state index contributed by atoms with van der Waals surface area (Å²) in [7, 11) is 1.04. The fraction of sp³-hybridized carbons (Fsp3) is 0.714. The molecule has 2 nitrogen and oxygen atoms in total. The first-order valence-electron chi connectivity index (χ1n) is 21.6. The van der Waals surface area contributed by atoms with Gasteiger partial charge in [0.1, 0.15) is 0 Å². The summed E-state index contributed by atoms with van der Waals surface area (Å²) in [5.74, 6) is -128. The van der Waals surface area contributed by atoms with E-state index in [-0.39, 0.29) is 29.8 Å². The van der Waals surface area contributed by atoms with E-state index < -0.39 is 181 Å². The minimum Gasteiger partial charge on any atom is -0.387 e. The third-order valence-electron chi connectivity index (χ3n) is 13.0. The van der Waals surface area contributed by atoms with Crippen LogP contribution in [-0.2, 0) is 12.0 Å². The number of halogens is 39. The normalized spacial score (nSPS) is 16.7. The van der Waals surface area contributed by atoms with Gasteiger partial charge in [0.15, 0.2) is 0 Å². The summed E-state index contributed by atoms with van der Waals surface area (Å²) >= 11 is 0. The molecule has 0 spiro atoms. The van der Waals surface area contributed by atoms with Crippen LogP contribution in [0, 0.1) is 0 Å². The van der Waals surface area contributed by atoms with E-state index in [1.807, 2.05) is 0 Å². The Morgan fingerprint density at radius 3 is 0.807 bits per heavy atom. The van der Waals surface area contributed by atoms with E-state index in [2.05, 4.69) is 0 Å². The van der Waals surface area contributed by atoms with E-state index in [1.54, 1.807) is 0 Å². The highest BCUT2D eigenvalue weighted by molar-refractivity contribution is 5.31. The zero-order valence-corrected chi connectivity index (χ0v) is 39.9.